The second kappa shape index (κ2) is 4.91. The molecular weight excluding hydrogens is 267 g/mol. The number of hydrogen-bond donors (Lipinski definition) is 0. The molecule has 0 bridgehead atoms. The Hall–Kier alpha value is -0.970. The largest absolute Gasteiger partial charge is 0.247 e. The minimum absolute atomic E-state index is 0.271. The van der Waals surface area contributed by atoms with Crippen molar-refractivity contribution in [3.8, 4) is 0 Å². The van der Waals surface area contributed by atoms with E-state index in [9.17, 15) is 4.21 Å². The molecular formula is C10H6Cl2N2OS. The van der Waals surface area contributed by atoms with Crippen LogP contribution in [0, 0.1) is 0 Å². The average molecular weight is 273 g/mol. The third kappa shape index (κ3) is 2.58. The molecule has 1 atom stereocenters. The van der Waals surface area contributed by atoms with E-state index in [0.717, 1.165) is 0 Å². The first-order chi connectivity index (χ1) is 7.66. The van der Waals surface area contributed by atoms with Crippen LogP contribution in [-0.4, -0.2) is 14.2 Å². The van der Waals surface area contributed by atoms with Crippen LogP contribution < -0.4 is 0 Å². The van der Waals surface area contributed by atoms with Crippen LogP contribution in [0.3, 0.4) is 0 Å². The molecule has 0 amide bonds. The standard InChI is InChI=1S/C10H6Cl2N2OS/c11-7-1-3-8(4-2-7)16(15)10-5-9(12)13-6-14-10/h1-6H/t16-/m0/s1. The highest BCUT2D eigenvalue weighted by Gasteiger charge is 2.09. The van der Waals surface area contributed by atoms with Crippen LogP contribution in [0.5, 0.6) is 0 Å². The lowest BCUT2D eigenvalue weighted by Crippen LogP contribution is -1.96. The van der Waals surface area contributed by atoms with E-state index in [2.05, 4.69) is 9.97 Å². The Morgan fingerprint density at radius 1 is 1.06 bits per heavy atom. The van der Waals surface area contributed by atoms with Crippen molar-refractivity contribution in [1.82, 2.24) is 9.97 Å². The van der Waals surface area contributed by atoms with E-state index in [4.69, 9.17) is 23.2 Å². The predicted molar refractivity (Wildman–Crippen MR) is 63.2 cm³/mol. The molecule has 2 rings (SSSR count). The van der Waals surface area contributed by atoms with E-state index < -0.39 is 10.8 Å². The number of benzene rings is 1. The van der Waals surface area contributed by atoms with E-state index >= 15 is 0 Å². The topological polar surface area (TPSA) is 42.9 Å². The molecule has 0 N–H and O–H groups in total. The average Bonchev–Trinajstić information content (AvgIpc) is 2.29. The Balaban J connectivity index is 2.35. The second-order valence-electron chi connectivity index (χ2n) is 2.90. The molecule has 0 fully saturated rings. The predicted octanol–water partition coefficient (Wildman–Crippen LogP) is 2.95. The molecule has 0 saturated heterocycles. The summed E-state index contributed by atoms with van der Waals surface area (Å²) in [6.45, 7) is 0. The molecule has 0 saturated carbocycles. The zero-order chi connectivity index (χ0) is 11.5. The van der Waals surface area contributed by atoms with Gasteiger partial charge < -0.3 is 0 Å². The van der Waals surface area contributed by atoms with Crippen molar-refractivity contribution < 1.29 is 4.21 Å². The maximum atomic E-state index is 12.0. The summed E-state index contributed by atoms with van der Waals surface area (Å²) in [5.41, 5.74) is 0. The summed E-state index contributed by atoms with van der Waals surface area (Å²) in [4.78, 5) is 8.26. The van der Waals surface area contributed by atoms with Gasteiger partial charge >= 0.3 is 0 Å². The molecule has 1 heterocycles. The lowest BCUT2D eigenvalue weighted by Gasteiger charge is -2.01. The monoisotopic (exact) mass is 272 g/mol. The van der Waals surface area contributed by atoms with Crippen LogP contribution in [0.1, 0.15) is 0 Å². The quantitative estimate of drug-likeness (QED) is 0.790. The van der Waals surface area contributed by atoms with E-state index in [0.29, 0.717) is 14.9 Å². The number of hydrogen-bond acceptors (Lipinski definition) is 3. The summed E-state index contributed by atoms with van der Waals surface area (Å²) in [5.74, 6) is 0. The van der Waals surface area contributed by atoms with Crippen molar-refractivity contribution in [3.63, 3.8) is 0 Å². The summed E-state index contributed by atoms with van der Waals surface area (Å²) >= 11 is 11.4. The van der Waals surface area contributed by atoms with Crippen LogP contribution in [-0.2, 0) is 10.8 Å². The van der Waals surface area contributed by atoms with Gasteiger partial charge in [-0.05, 0) is 24.3 Å². The highest BCUT2D eigenvalue weighted by Crippen LogP contribution is 2.18. The van der Waals surface area contributed by atoms with E-state index in [1.54, 1.807) is 24.3 Å². The van der Waals surface area contributed by atoms with Gasteiger partial charge in [-0.2, -0.15) is 0 Å². The van der Waals surface area contributed by atoms with Crippen molar-refractivity contribution >= 4 is 34.0 Å². The van der Waals surface area contributed by atoms with Crippen LogP contribution in [0.4, 0.5) is 0 Å². The Kier molecular flexibility index (Phi) is 3.53. The third-order valence-electron chi connectivity index (χ3n) is 1.83. The van der Waals surface area contributed by atoms with E-state index in [1.807, 2.05) is 0 Å². The Bertz CT molecular complexity index is 531. The van der Waals surface area contributed by atoms with Crippen LogP contribution >= 0.6 is 23.2 Å². The Morgan fingerprint density at radius 3 is 2.38 bits per heavy atom. The van der Waals surface area contributed by atoms with Gasteiger partial charge in [-0.1, -0.05) is 23.2 Å². The molecule has 1 aromatic heterocycles. The van der Waals surface area contributed by atoms with E-state index in [-0.39, 0.29) is 5.15 Å². The minimum atomic E-state index is -1.36. The third-order valence-corrected chi connectivity index (χ3v) is 3.59. The van der Waals surface area contributed by atoms with Crippen LogP contribution in [0.25, 0.3) is 0 Å². The molecule has 6 heteroatoms. The van der Waals surface area contributed by atoms with Gasteiger partial charge in [-0.25, -0.2) is 14.2 Å². The van der Waals surface area contributed by atoms with Crippen LogP contribution in [0.15, 0.2) is 46.6 Å². The molecule has 0 spiro atoms. The van der Waals surface area contributed by atoms with Crippen molar-refractivity contribution in [2.75, 3.05) is 0 Å². The molecule has 2 aromatic rings. The van der Waals surface area contributed by atoms with Gasteiger partial charge in [0.2, 0.25) is 0 Å². The molecule has 0 aliphatic heterocycles. The smallest absolute Gasteiger partial charge is 0.137 e. The van der Waals surface area contributed by atoms with Crippen molar-refractivity contribution in [2.24, 2.45) is 0 Å². The summed E-state index contributed by atoms with van der Waals surface area (Å²) in [5, 5.41) is 1.25. The molecule has 16 heavy (non-hydrogen) atoms. The summed E-state index contributed by atoms with van der Waals surface area (Å²) < 4.78 is 12.0. The molecule has 3 nitrogen and oxygen atoms in total. The summed E-state index contributed by atoms with van der Waals surface area (Å²) in [6, 6.07) is 8.21. The van der Waals surface area contributed by atoms with Gasteiger partial charge in [0.15, 0.2) is 0 Å². The second-order valence-corrected chi connectivity index (χ2v) is 5.15. The number of nitrogens with zero attached hydrogens (tertiary/aromatic N) is 2. The maximum Gasteiger partial charge on any atom is 0.137 e. The van der Waals surface area contributed by atoms with Crippen LogP contribution in [0.2, 0.25) is 10.2 Å². The molecule has 0 aliphatic rings. The van der Waals surface area contributed by atoms with Gasteiger partial charge in [0.25, 0.3) is 0 Å². The maximum absolute atomic E-state index is 12.0. The first kappa shape index (κ1) is 11.5. The van der Waals surface area contributed by atoms with Crippen molar-refractivity contribution in [3.05, 3.63) is 46.8 Å². The number of rotatable bonds is 2. The Labute approximate surface area is 105 Å². The Morgan fingerprint density at radius 2 is 1.75 bits per heavy atom. The first-order valence-corrected chi connectivity index (χ1v) is 6.22. The van der Waals surface area contributed by atoms with E-state index in [1.165, 1.54) is 12.4 Å². The fourth-order valence-corrected chi connectivity index (χ4v) is 2.42. The molecule has 0 radical (unpaired) electrons. The first-order valence-electron chi connectivity index (χ1n) is 4.32. The highest BCUT2D eigenvalue weighted by molar-refractivity contribution is 7.85. The normalized spacial score (nSPS) is 12.4. The van der Waals surface area contributed by atoms with Crippen molar-refractivity contribution in [2.45, 2.75) is 9.92 Å². The minimum Gasteiger partial charge on any atom is -0.247 e. The van der Waals surface area contributed by atoms with Gasteiger partial charge in [-0.15, -0.1) is 0 Å². The van der Waals surface area contributed by atoms with Gasteiger partial charge in [0, 0.05) is 16.0 Å². The molecule has 0 unspecified atom stereocenters. The zero-order valence-electron chi connectivity index (χ0n) is 7.93. The molecule has 82 valence electrons. The summed E-state index contributed by atoms with van der Waals surface area (Å²) in [6.07, 6.45) is 1.28. The van der Waals surface area contributed by atoms with Gasteiger partial charge in [0.05, 0.1) is 0 Å². The molecule has 1 aromatic carbocycles. The lowest BCUT2D eigenvalue weighted by molar-refractivity contribution is 0.680. The lowest BCUT2D eigenvalue weighted by atomic mass is 10.4. The van der Waals surface area contributed by atoms with Crippen molar-refractivity contribution in [1.29, 1.82) is 0 Å². The fourth-order valence-electron chi connectivity index (χ4n) is 1.10. The zero-order valence-corrected chi connectivity index (χ0v) is 10.3. The fraction of sp³-hybridized carbons (Fsp3) is 0. The number of aromatic nitrogens is 2. The summed E-state index contributed by atoms with van der Waals surface area (Å²) in [7, 11) is -1.36. The number of halogens is 2. The molecule has 0 aliphatic carbocycles. The highest BCUT2D eigenvalue weighted by atomic mass is 35.5. The van der Waals surface area contributed by atoms with Gasteiger partial charge in [0.1, 0.15) is 27.3 Å². The SMILES string of the molecule is O=[S@@](c1ccc(Cl)cc1)c1cc(Cl)ncn1. The van der Waals surface area contributed by atoms with Gasteiger partial charge in [-0.3, -0.25) is 0 Å².